The van der Waals surface area contributed by atoms with E-state index in [-0.39, 0.29) is 45.9 Å². The van der Waals surface area contributed by atoms with Gasteiger partial charge in [-0.2, -0.15) is 10.2 Å². The highest BCUT2D eigenvalue weighted by molar-refractivity contribution is 7.92. The summed E-state index contributed by atoms with van der Waals surface area (Å²) in [5.41, 5.74) is 2.71. The molecule has 340 valence electrons. The molecule has 0 aliphatic carbocycles. The number of carbonyl (C=O) groups is 1. The fourth-order valence-corrected chi connectivity index (χ4v) is 11.4. The Labute approximate surface area is 390 Å². The summed E-state index contributed by atoms with van der Waals surface area (Å²) in [6, 6.07) is 36.9. The molecular formula is C47H50Cl2N8O6S2. The van der Waals surface area contributed by atoms with Gasteiger partial charge in [0.05, 0.1) is 20.8 Å². The first kappa shape index (κ1) is 47.1. The topological polar surface area (TPSA) is 174 Å². The van der Waals surface area contributed by atoms with Crippen LogP contribution in [-0.2, 0) is 24.4 Å². The average Bonchev–Trinajstić information content (AvgIpc) is 3.94. The summed E-state index contributed by atoms with van der Waals surface area (Å²) in [6.45, 7) is 11.7. The minimum absolute atomic E-state index is 0. The second kappa shape index (κ2) is 18.9. The number of amides is 1. The first-order valence-corrected chi connectivity index (χ1v) is 23.9. The summed E-state index contributed by atoms with van der Waals surface area (Å²) in [5, 5.41) is 22.0. The van der Waals surface area contributed by atoms with Crippen molar-refractivity contribution < 1.29 is 26.4 Å². The van der Waals surface area contributed by atoms with E-state index in [9.17, 15) is 21.6 Å². The van der Waals surface area contributed by atoms with Crippen LogP contribution in [0.5, 0.6) is 0 Å². The summed E-state index contributed by atoms with van der Waals surface area (Å²) >= 11 is 0. The lowest BCUT2D eigenvalue weighted by molar-refractivity contribution is 0.0240. The van der Waals surface area contributed by atoms with E-state index in [4.69, 9.17) is 4.74 Å². The molecule has 65 heavy (non-hydrogen) atoms. The molecular weight excluding hydrogens is 908 g/mol. The van der Waals surface area contributed by atoms with Gasteiger partial charge in [0, 0.05) is 85.3 Å². The van der Waals surface area contributed by atoms with E-state index in [2.05, 4.69) is 35.5 Å². The highest BCUT2D eigenvalue weighted by Crippen LogP contribution is 2.34. The minimum atomic E-state index is -3.81. The number of halogens is 2. The molecule has 2 aromatic heterocycles. The lowest BCUT2D eigenvalue weighted by Crippen LogP contribution is -2.50. The Morgan fingerprint density at radius 2 is 0.985 bits per heavy atom. The molecule has 3 N–H and O–H groups in total. The SMILES string of the molecule is CC(C)(C)OC(=O)N1CCN(c2ccc3c(S(=O)(=O)c4cccc5ccccc45)[nH]nc3c2)CC1.Cl.Cl.O=S(=O)(c1cccc2ccccc12)c1[nH]nc2cc(N3CCNCC3)ccc12. The van der Waals surface area contributed by atoms with Crippen LogP contribution in [0.1, 0.15) is 20.8 Å². The smallest absolute Gasteiger partial charge is 0.410 e. The quantitative estimate of drug-likeness (QED) is 0.146. The van der Waals surface area contributed by atoms with Crippen molar-refractivity contribution in [2.24, 2.45) is 0 Å². The average molecular weight is 958 g/mol. The molecule has 2 saturated heterocycles. The van der Waals surface area contributed by atoms with Gasteiger partial charge < -0.3 is 24.8 Å². The largest absolute Gasteiger partial charge is 0.444 e. The molecule has 8 aromatic rings. The number of carbonyl (C=O) groups excluding carboxylic acids is 1. The lowest BCUT2D eigenvalue weighted by atomic mass is 10.1. The molecule has 0 spiro atoms. The van der Waals surface area contributed by atoms with Gasteiger partial charge >= 0.3 is 6.09 Å². The van der Waals surface area contributed by atoms with Crippen molar-refractivity contribution in [2.45, 2.75) is 46.2 Å². The van der Waals surface area contributed by atoms with Gasteiger partial charge in [-0.3, -0.25) is 10.2 Å². The third kappa shape index (κ3) is 9.45. The number of H-pyrrole nitrogens is 2. The maximum Gasteiger partial charge on any atom is 0.410 e. The highest BCUT2D eigenvalue weighted by Gasteiger charge is 2.29. The fourth-order valence-electron chi connectivity index (χ4n) is 8.23. The van der Waals surface area contributed by atoms with Gasteiger partial charge in [-0.15, -0.1) is 24.8 Å². The number of nitrogens with zero attached hydrogens (tertiary/aromatic N) is 5. The van der Waals surface area contributed by atoms with Crippen LogP contribution in [0.3, 0.4) is 0 Å². The number of hydrogen-bond donors (Lipinski definition) is 3. The van der Waals surface area contributed by atoms with Crippen molar-refractivity contribution >= 4 is 105 Å². The number of fused-ring (bicyclic) bond motifs is 4. The molecule has 0 unspecified atom stereocenters. The second-order valence-electron chi connectivity index (χ2n) is 16.7. The van der Waals surface area contributed by atoms with E-state index in [1.165, 1.54) is 0 Å². The normalized spacial score (nSPS) is 14.7. The molecule has 2 aliphatic rings. The third-order valence-electron chi connectivity index (χ3n) is 11.4. The zero-order chi connectivity index (χ0) is 43.9. The van der Waals surface area contributed by atoms with Crippen LogP contribution in [0, 0.1) is 0 Å². The molecule has 4 heterocycles. The van der Waals surface area contributed by atoms with Crippen LogP contribution < -0.4 is 15.1 Å². The zero-order valence-electron chi connectivity index (χ0n) is 36.0. The number of aromatic nitrogens is 4. The van der Waals surface area contributed by atoms with Crippen LogP contribution in [0.4, 0.5) is 16.2 Å². The van der Waals surface area contributed by atoms with Crippen molar-refractivity contribution in [3.8, 4) is 0 Å². The Hall–Kier alpha value is -5.91. The van der Waals surface area contributed by atoms with Crippen LogP contribution in [0.15, 0.2) is 141 Å². The Morgan fingerprint density at radius 3 is 1.45 bits per heavy atom. The molecule has 0 atom stereocenters. The molecule has 2 aliphatic heterocycles. The van der Waals surface area contributed by atoms with E-state index in [1.54, 1.807) is 35.2 Å². The number of anilines is 2. The standard InChI is InChI=1S/C26H28N4O4S.C21H20N4O2S.2ClH/c1-26(2,3)34-25(31)30-15-13-29(14-16-30)19-11-12-21-22(17-19)27-28-24(21)35(32,33)23-10-6-8-18-7-4-5-9-20(18)23;26-28(27,20-7-3-5-15-4-1-2-6-17(15)20)21-18-9-8-16(14-19(18)23-24-21)25-12-10-22-11-13-25;;/h4-12,17H,13-16H2,1-3H3,(H,27,28);1-9,14,22H,10-13H2,(H,23,24);2*1H. The van der Waals surface area contributed by atoms with Gasteiger partial charge in [-0.25, -0.2) is 21.6 Å². The van der Waals surface area contributed by atoms with Gasteiger partial charge in [-0.1, -0.05) is 72.8 Å². The third-order valence-corrected chi connectivity index (χ3v) is 15.0. The van der Waals surface area contributed by atoms with Crippen LogP contribution in [0.25, 0.3) is 43.4 Å². The number of ether oxygens (including phenoxy) is 1. The number of piperazine rings is 2. The maximum atomic E-state index is 13.6. The maximum absolute atomic E-state index is 13.6. The number of nitrogens with one attached hydrogen (secondary N) is 3. The number of sulfone groups is 2. The molecule has 1 amide bonds. The van der Waals surface area contributed by atoms with Crippen molar-refractivity contribution in [1.29, 1.82) is 0 Å². The van der Waals surface area contributed by atoms with Crippen molar-refractivity contribution in [3.05, 3.63) is 121 Å². The highest BCUT2D eigenvalue weighted by atomic mass is 35.5. The second-order valence-corrected chi connectivity index (χ2v) is 20.4. The van der Waals surface area contributed by atoms with E-state index in [1.807, 2.05) is 112 Å². The number of benzene rings is 6. The predicted octanol–water partition coefficient (Wildman–Crippen LogP) is 8.41. The molecule has 6 aromatic carbocycles. The molecule has 0 bridgehead atoms. The molecule has 14 nitrogen and oxygen atoms in total. The van der Waals surface area contributed by atoms with E-state index in [0.717, 1.165) is 48.3 Å². The van der Waals surface area contributed by atoms with E-state index < -0.39 is 25.3 Å². The van der Waals surface area contributed by atoms with Crippen molar-refractivity contribution in [1.82, 2.24) is 30.6 Å². The van der Waals surface area contributed by atoms with Gasteiger partial charge in [0.2, 0.25) is 19.7 Å². The van der Waals surface area contributed by atoms with Gasteiger partial charge in [-0.05, 0) is 80.1 Å². The van der Waals surface area contributed by atoms with Crippen molar-refractivity contribution in [2.75, 3.05) is 62.2 Å². The zero-order valence-corrected chi connectivity index (χ0v) is 39.3. The first-order valence-electron chi connectivity index (χ1n) is 20.9. The first-order chi connectivity index (χ1) is 30.3. The summed E-state index contributed by atoms with van der Waals surface area (Å²) < 4.78 is 59.5. The van der Waals surface area contributed by atoms with Gasteiger partial charge in [0.15, 0.2) is 10.1 Å². The fraction of sp³-hybridized carbons (Fsp3) is 0.255. The molecule has 2 fully saturated rings. The molecule has 18 heteroatoms. The summed E-state index contributed by atoms with van der Waals surface area (Å²) in [4.78, 5) is 19.0. The minimum Gasteiger partial charge on any atom is -0.444 e. The molecule has 0 radical (unpaired) electrons. The van der Waals surface area contributed by atoms with Crippen molar-refractivity contribution in [3.63, 3.8) is 0 Å². The van der Waals surface area contributed by atoms with Crippen LogP contribution in [-0.4, -0.2) is 106 Å². The van der Waals surface area contributed by atoms with E-state index in [0.29, 0.717) is 63.7 Å². The summed E-state index contributed by atoms with van der Waals surface area (Å²) in [6.07, 6.45) is -0.303. The monoisotopic (exact) mass is 956 g/mol. The molecule has 0 saturated carbocycles. The predicted molar refractivity (Wildman–Crippen MR) is 261 cm³/mol. The lowest BCUT2D eigenvalue weighted by Gasteiger charge is -2.36. The van der Waals surface area contributed by atoms with Gasteiger partial charge in [0.1, 0.15) is 5.60 Å². The van der Waals surface area contributed by atoms with Gasteiger partial charge in [0.25, 0.3) is 0 Å². The molecule has 10 rings (SSSR count). The van der Waals surface area contributed by atoms with Crippen LogP contribution in [0.2, 0.25) is 0 Å². The summed E-state index contributed by atoms with van der Waals surface area (Å²) in [5.74, 6) is 0. The Bertz CT molecular complexity index is 3220. The Morgan fingerprint density at radius 1 is 0.554 bits per heavy atom. The number of rotatable bonds is 6. The number of aromatic amines is 2. The van der Waals surface area contributed by atoms with E-state index >= 15 is 0 Å². The number of hydrogen-bond acceptors (Lipinski definition) is 11. The Kier molecular flexibility index (Phi) is 13.7. The Balaban J connectivity index is 0.000000192. The van der Waals surface area contributed by atoms with Crippen LogP contribution >= 0.6 is 24.8 Å². The summed E-state index contributed by atoms with van der Waals surface area (Å²) in [7, 11) is -7.54.